The maximum Gasteiger partial charge on any atom is 0.151 e. The Morgan fingerprint density at radius 2 is 1.92 bits per heavy atom. The van der Waals surface area contributed by atoms with Crippen molar-refractivity contribution in [2.24, 2.45) is 11.5 Å². The smallest absolute Gasteiger partial charge is 0.151 e. The van der Waals surface area contributed by atoms with E-state index in [0.29, 0.717) is 19.4 Å². The van der Waals surface area contributed by atoms with Gasteiger partial charge in [-0.3, -0.25) is 0 Å². The summed E-state index contributed by atoms with van der Waals surface area (Å²) in [6, 6.07) is 8.17. The molecule has 0 bridgehead atoms. The van der Waals surface area contributed by atoms with E-state index in [1.807, 2.05) is 38.4 Å². The maximum absolute atomic E-state index is 9.05. The lowest BCUT2D eigenvalue weighted by atomic mass is 9.82. The van der Waals surface area contributed by atoms with Gasteiger partial charge in [-0.15, -0.1) is 0 Å². The minimum Gasteiger partial charge on any atom is -0.399 e. The summed E-state index contributed by atoms with van der Waals surface area (Å²) in [6.45, 7) is 0.609. The molecule has 0 saturated carbocycles. The number of aliphatic hydroxyl groups is 2. The number of allylic oxidation sites excluding steroid dienone is 1. The third-order valence-corrected chi connectivity index (χ3v) is 4.30. The SMILES string of the molecule is CN(C)c1ccc(NCC2=C(N)C=CC(N)(CCC(O)O)C2)cc1. The Bertz CT molecular complexity index is 608. The van der Waals surface area contributed by atoms with Crippen molar-refractivity contribution >= 4 is 11.4 Å². The zero-order chi connectivity index (χ0) is 17.7. The molecule has 1 aliphatic rings. The topological polar surface area (TPSA) is 108 Å². The second kappa shape index (κ2) is 7.70. The van der Waals surface area contributed by atoms with Crippen LogP contribution in [0.15, 0.2) is 47.7 Å². The largest absolute Gasteiger partial charge is 0.399 e. The Morgan fingerprint density at radius 1 is 1.25 bits per heavy atom. The first-order valence-corrected chi connectivity index (χ1v) is 8.12. The van der Waals surface area contributed by atoms with Crippen molar-refractivity contribution in [2.45, 2.75) is 31.1 Å². The predicted octanol–water partition coefficient (Wildman–Crippen LogP) is 1.13. The van der Waals surface area contributed by atoms with Crippen LogP contribution in [0.25, 0.3) is 0 Å². The van der Waals surface area contributed by atoms with Gasteiger partial charge in [0.15, 0.2) is 6.29 Å². The molecule has 1 atom stereocenters. The fraction of sp³-hybridized carbons (Fsp3) is 0.444. The molecule has 7 N–H and O–H groups in total. The van der Waals surface area contributed by atoms with Crippen LogP contribution in [-0.4, -0.2) is 42.7 Å². The Balaban J connectivity index is 1.97. The summed E-state index contributed by atoms with van der Waals surface area (Å²) in [7, 11) is 4.01. The molecule has 1 aliphatic carbocycles. The van der Waals surface area contributed by atoms with Gasteiger partial charge < -0.3 is 31.9 Å². The number of rotatable bonds is 7. The fourth-order valence-electron chi connectivity index (χ4n) is 2.75. The Kier molecular flexibility index (Phi) is 5.88. The van der Waals surface area contributed by atoms with Gasteiger partial charge in [-0.2, -0.15) is 0 Å². The van der Waals surface area contributed by atoms with Gasteiger partial charge in [0.05, 0.1) is 0 Å². The predicted molar refractivity (Wildman–Crippen MR) is 98.6 cm³/mol. The van der Waals surface area contributed by atoms with Gasteiger partial charge in [-0.1, -0.05) is 6.08 Å². The first kappa shape index (κ1) is 18.3. The zero-order valence-corrected chi connectivity index (χ0v) is 14.4. The van der Waals surface area contributed by atoms with E-state index in [9.17, 15) is 0 Å². The number of benzene rings is 1. The summed E-state index contributed by atoms with van der Waals surface area (Å²) in [5, 5.41) is 21.5. The van der Waals surface area contributed by atoms with Crippen LogP contribution in [0.4, 0.5) is 11.4 Å². The quantitative estimate of drug-likeness (QED) is 0.479. The van der Waals surface area contributed by atoms with Crippen molar-refractivity contribution in [2.75, 3.05) is 30.9 Å². The molecule has 0 heterocycles. The molecule has 0 fully saturated rings. The van der Waals surface area contributed by atoms with Crippen LogP contribution in [-0.2, 0) is 0 Å². The lowest BCUT2D eigenvalue weighted by molar-refractivity contribution is -0.0488. The van der Waals surface area contributed by atoms with Crippen LogP contribution in [0.5, 0.6) is 0 Å². The third kappa shape index (κ3) is 4.99. The van der Waals surface area contributed by atoms with Crippen LogP contribution >= 0.6 is 0 Å². The highest BCUT2D eigenvalue weighted by atomic mass is 16.5. The second-order valence-corrected chi connectivity index (χ2v) is 6.62. The van der Waals surface area contributed by atoms with E-state index < -0.39 is 11.8 Å². The summed E-state index contributed by atoms with van der Waals surface area (Å²) in [5.74, 6) is 0. The molecule has 0 radical (unpaired) electrons. The number of anilines is 2. The third-order valence-electron chi connectivity index (χ3n) is 4.30. The van der Waals surface area contributed by atoms with Gasteiger partial charge in [0.2, 0.25) is 0 Å². The van der Waals surface area contributed by atoms with Crippen molar-refractivity contribution in [1.29, 1.82) is 0 Å². The Hall–Kier alpha value is -2.02. The number of aliphatic hydroxyl groups excluding tert-OH is 1. The Labute approximate surface area is 143 Å². The summed E-state index contributed by atoms with van der Waals surface area (Å²) < 4.78 is 0. The molecule has 1 aromatic rings. The summed E-state index contributed by atoms with van der Waals surface area (Å²) in [6.07, 6.45) is 3.69. The number of hydrogen-bond acceptors (Lipinski definition) is 6. The summed E-state index contributed by atoms with van der Waals surface area (Å²) in [4.78, 5) is 2.05. The van der Waals surface area contributed by atoms with E-state index in [0.717, 1.165) is 22.6 Å². The standard InChI is InChI=1S/C18H28N4O2/c1-22(2)15-5-3-14(4-6-15)21-12-13-11-18(20,9-7-16(13)19)10-8-17(23)24/h3-7,9,17,21,23-24H,8,10-12,19-20H2,1-2H3. The van der Waals surface area contributed by atoms with E-state index in [2.05, 4.69) is 22.3 Å². The average molecular weight is 332 g/mol. The first-order valence-electron chi connectivity index (χ1n) is 8.12. The zero-order valence-electron chi connectivity index (χ0n) is 14.4. The van der Waals surface area contributed by atoms with E-state index in [-0.39, 0.29) is 6.42 Å². The highest BCUT2D eigenvalue weighted by molar-refractivity contribution is 5.55. The van der Waals surface area contributed by atoms with Gasteiger partial charge in [0, 0.05) is 43.3 Å². The van der Waals surface area contributed by atoms with E-state index >= 15 is 0 Å². The lowest BCUT2D eigenvalue weighted by Crippen LogP contribution is -2.41. The lowest BCUT2D eigenvalue weighted by Gasteiger charge is -2.31. The number of nitrogens with zero attached hydrogens (tertiary/aromatic N) is 1. The van der Waals surface area contributed by atoms with Crippen molar-refractivity contribution in [3.8, 4) is 0 Å². The van der Waals surface area contributed by atoms with Crippen LogP contribution in [0.1, 0.15) is 19.3 Å². The van der Waals surface area contributed by atoms with Crippen LogP contribution in [0, 0.1) is 0 Å². The molecule has 1 aromatic carbocycles. The van der Waals surface area contributed by atoms with Crippen molar-refractivity contribution in [3.05, 3.63) is 47.7 Å². The molecule has 0 aliphatic heterocycles. The van der Waals surface area contributed by atoms with Gasteiger partial charge in [-0.25, -0.2) is 0 Å². The Morgan fingerprint density at radius 3 is 2.50 bits per heavy atom. The summed E-state index contributed by atoms with van der Waals surface area (Å²) >= 11 is 0. The average Bonchev–Trinajstić information content (AvgIpc) is 2.54. The molecule has 0 spiro atoms. The van der Waals surface area contributed by atoms with Gasteiger partial charge in [0.25, 0.3) is 0 Å². The van der Waals surface area contributed by atoms with Crippen molar-refractivity contribution < 1.29 is 10.2 Å². The van der Waals surface area contributed by atoms with Gasteiger partial charge in [0.1, 0.15) is 0 Å². The van der Waals surface area contributed by atoms with Crippen LogP contribution < -0.4 is 21.7 Å². The van der Waals surface area contributed by atoms with E-state index in [1.54, 1.807) is 0 Å². The van der Waals surface area contributed by atoms with Gasteiger partial charge in [-0.05, 0) is 55.2 Å². The monoisotopic (exact) mass is 332 g/mol. The first-order chi connectivity index (χ1) is 11.3. The molecule has 0 aromatic heterocycles. The second-order valence-electron chi connectivity index (χ2n) is 6.62. The molecule has 0 saturated heterocycles. The number of nitrogens with two attached hydrogens (primary N) is 2. The molecule has 0 amide bonds. The van der Waals surface area contributed by atoms with E-state index in [4.69, 9.17) is 21.7 Å². The summed E-state index contributed by atoms with van der Waals surface area (Å²) in [5.41, 5.74) is 15.8. The van der Waals surface area contributed by atoms with Crippen molar-refractivity contribution in [3.63, 3.8) is 0 Å². The fourth-order valence-corrected chi connectivity index (χ4v) is 2.75. The molecular weight excluding hydrogens is 304 g/mol. The highest BCUT2D eigenvalue weighted by Crippen LogP contribution is 2.28. The molecule has 6 heteroatoms. The molecule has 2 rings (SSSR count). The van der Waals surface area contributed by atoms with E-state index in [1.165, 1.54) is 0 Å². The minimum atomic E-state index is -1.33. The number of hydrogen-bond donors (Lipinski definition) is 5. The molecule has 1 unspecified atom stereocenters. The van der Waals surface area contributed by atoms with Crippen LogP contribution in [0.3, 0.4) is 0 Å². The van der Waals surface area contributed by atoms with Crippen molar-refractivity contribution in [1.82, 2.24) is 0 Å². The maximum atomic E-state index is 9.05. The van der Waals surface area contributed by atoms with Crippen LogP contribution in [0.2, 0.25) is 0 Å². The molecule has 132 valence electrons. The number of nitrogens with one attached hydrogen (secondary N) is 1. The normalized spacial score (nSPS) is 20.6. The van der Waals surface area contributed by atoms with Gasteiger partial charge >= 0.3 is 0 Å². The molecule has 24 heavy (non-hydrogen) atoms. The minimum absolute atomic E-state index is 0.244. The molecule has 6 nitrogen and oxygen atoms in total. The molecular formula is C18H28N4O2. The highest BCUT2D eigenvalue weighted by Gasteiger charge is 2.27.